The number of nitrogens with zero attached hydrogens (tertiary/aromatic N) is 2. The van der Waals surface area contributed by atoms with Gasteiger partial charge in [0, 0.05) is 12.6 Å². The van der Waals surface area contributed by atoms with Crippen LogP contribution in [0.5, 0.6) is 5.75 Å². The van der Waals surface area contributed by atoms with Gasteiger partial charge >= 0.3 is 0 Å². The predicted octanol–water partition coefficient (Wildman–Crippen LogP) is 2.46. The Labute approximate surface area is 113 Å². The van der Waals surface area contributed by atoms with E-state index in [1.807, 2.05) is 11.6 Å². The van der Waals surface area contributed by atoms with Crippen molar-refractivity contribution in [3.8, 4) is 17.0 Å². The average molecular weight is 314 g/mol. The molecule has 2 N–H and O–H groups in total. The summed E-state index contributed by atoms with van der Waals surface area (Å²) in [5.74, 6) is 0.972. The molecule has 0 amide bonds. The van der Waals surface area contributed by atoms with E-state index in [1.165, 1.54) is 12.1 Å². The molecule has 0 fully saturated rings. The number of nitrogens with two attached hydrogens (primary N) is 1. The van der Waals surface area contributed by atoms with E-state index in [4.69, 9.17) is 10.5 Å². The fraction of sp³-hybridized carbons (Fsp3) is 0.250. The Kier molecular flexibility index (Phi) is 3.68. The highest BCUT2D eigenvalue weighted by atomic mass is 79.9. The number of benzene rings is 1. The SMILES string of the molecule is COc1ccc(F)cc1-c1c(Br)nc(CN)n1C. The highest BCUT2D eigenvalue weighted by molar-refractivity contribution is 9.10. The average Bonchev–Trinajstić information content (AvgIpc) is 2.64. The van der Waals surface area contributed by atoms with Crippen molar-refractivity contribution in [3.05, 3.63) is 34.4 Å². The van der Waals surface area contributed by atoms with Gasteiger partial charge in [0.1, 0.15) is 22.0 Å². The normalized spacial score (nSPS) is 10.7. The second-order valence-corrected chi connectivity index (χ2v) is 4.53. The van der Waals surface area contributed by atoms with Crippen LogP contribution in [0, 0.1) is 5.82 Å². The molecule has 0 spiro atoms. The van der Waals surface area contributed by atoms with E-state index in [0.29, 0.717) is 28.3 Å². The van der Waals surface area contributed by atoms with Gasteiger partial charge in [-0.15, -0.1) is 0 Å². The molecule has 4 nitrogen and oxygen atoms in total. The fourth-order valence-electron chi connectivity index (χ4n) is 1.85. The lowest BCUT2D eigenvalue weighted by atomic mass is 10.1. The molecule has 0 saturated heterocycles. The van der Waals surface area contributed by atoms with Crippen LogP contribution >= 0.6 is 15.9 Å². The maximum atomic E-state index is 13.4. The summed E-state index contributed by atoms with van der Waals surface area (Å²) in [6.45, 7) is 0.312. The molecular weight excluding hydrogens is 301 g/mol. The summed E-state index contributed by atoms with van der Waals surface area (Å²) in [5, 5.41) is 0. The number of hydrogen-bond donors (Lipinski definition) is 1. The van der Waals surface area contributed by atoms with Crippen molar-refractivity contribution in [3.63, 3.8) is 0 Å². The molecule has 1 heterocycles. The Morgan fingerprint density at radius 1 is 1.50 bits per heavy atom. The smallest absolute Gasteiger partial charge is 0.132 e. The van der Waals surface area contributed by atoms with Crippen LogP contribution in [-0.2, 0) is 13.6 Å². The standard InChI is InChI=1S/C12H13BrFN3O/c1-17-10(6-15)16-12(13)11(17)8-5-7(14)3-4-9(8)18-2/h3-5H,6,15H2,1-2H3. The molecule has 0 atom stereocenters. The molecule has 0 bridgehead atoms. The molecule has 0 aliphatic rings. The summed E-state index contributed by atoms with van der Waals surface area (Å²) in [4.78, 5) is 4.29. The van der Waals surface area contributed by atoms with Crippen LogP contribution in [0.1, 0.15) is 5.82 Å². The fourth-order valence-corrected chi connectivity index (χ4v) is 2.53. The summed E-state index contributed by atoms with van der Waals surface area (Å²) in [5.41, 5.74) is 6.98. The lowest BCUT2D eigenvalue weighted by Crippen LogP contribution is -2.05. The van der Waals surface area contributed by atoms with Crippen LogP contribution in [0.15, 0.2) is 22.8 Å². The number of hydrogen-bond acceptors (Lipinski definition) is 3. The summed E-state index contributed by atoms with van der Waals surface area (Å²) in [7, 11) is 3.38. The van der Waals surface area contributed by atoms with Gasteiger partial charge in [0.25, 0.3) is 0 Å². The second kappa shape index (κ2) is 5.07. The van der Waals surface area contributed by atoms with Crippen LogP contribution in [0.25, 0.3) is 11.3 Å². The zero-order valence-electron chi connectivity index (χ0n) is 10.1. The first kappa shape index (κ1) is 13.0. The molecule has 0 saturated carbocycles. The van der Waals surface area contributed by atoms with Gasteiger partial charge in [-0.25, -0.2) is 9.37 Å². The number of ether oxygens (including phenoxy) is 1. The molecule has 6 heteroatoms. The molecule has 0 aliphatic carbocycles. The third-order valence-corrected chi connectivity index (χ3v) is 3.30. The van der Waals surface area contributed by atoms with Crippen molar-refractivity contribution in [1.82, 2.24) is 9.55 Å². The number of methoxy groups -OCH3 is 1. The predicted molar refractivity (Wildman–Crippen MR) is 70.7 cm³/mol. The lowest BCUT2D eigenvalue weighted by molar-refractivity contribution is 0.415. The van der Waals surface area contributed by atoms with Crippen LogP contribution < -0.4 is 10.5 Å². The first-order valence-electron chi connectivity index (χ1n) is 5.33. The molecule has 1 aromatic heterocycles. The minimum atomic E-state index is -0.326. The summed E-state index contributed by atoms with van der Waals surface area (Å²) in [6, 6.07) is 4.36. The molecule has 96 valence electrons. The van der Waals surface area contributed by atoms with Gasteiger partial charge in [0.15, 0.2) is 0 Å². The first-order chi connectivity index (χ1) is 8.58. The molecule has 18 heavy (non-hydrogen) atoms. The Hall–Kier alpha value is -1.40. The van der Waals surface area contributed by atoms with Gasteiger partial charge < -0.3 is 15.0 Å². The van der Waals surface area contributed by atoms with Crippen molar-refractivity contribution >= 4 is 15.9 Å². The van der Waals surface area contributed by atoms with Gasteiger partial charge in [0.2, 0.25) is 0 Å². The zero-order valence-corrected chi connectivity index (χ0v) is 11.7. The van der Waals surface area contributed by atoms with Crippen molar-refractivity contribution in [2.24, 2.45) is 12.8 Å². The second-order valence-electron chi connectivity index (χ2n) is 3.78. The van der Waals surface area contributed by atoms with Gasteiger partial charge in [0.05, 0.1) is 19.3 Å². The maximum Gasteiger partial charge on any atom is 0.132 e. The molecular formula is C12H13BrFN3O. The number of halogens is 2. The van der Waals surface area contributed by atoms with E-state index in [0.717, 1.165) is 5.69 Å². The van der Waals surface area contributed by atoms with Crippen molar-refractivity contribution < 1.29 is 9.13 Å². The summed E-state index contributed by atoms with van der Waals surface area (Å²) in [6.07, 6.45) is 0. The van der Waals surface area contributed by atoms with Crippen LogP contribution in [0.2, 0.25) is 0 Å². The van der Waals surface area contributed by atoms with Crippen LogP contribution in [0.4, 0.5) is 4.39 Å². The monoisotopic (exact) mass is 313 g/mol. The van der Waals surface area contributed by atoms with Crippen molar-refractivity contribution in [2.75, 3.05) is 7.11 Å². The molecule has 0 aliphatic heterocycles. The largest absolute Gasteiger partial charge is 0.496 e. The molecule has 0 radical (unpaired) electrons. The Bertz CT molecular complexity index is 583. The van der Waals surface area contributed by atoms with Gasteiger partial charge in [-0.1, -0.05) is 0 Å². The summed E-state index contributed by atoms with van der Waals surface area (Å²) >= 11 is 3.37. The van der Waals surface area contributed by atoms with Crippen LogP contribution in [-0.4, -0.2) is 16.7 Å². The number of rotatable bonds is 3. The zero-order chi connectivity index (χ0) is 13.3. The molecule has 2 aromatic rings. The van der Waals surface area contributed by atoms with Gasteiger partial charge in [-0.05, 0) is 34.1 Å². The number of imidazole rings is 1. The molecule has 0 unspecified atom stereocenters. The maximum absolute atomic E-state index is 13.4. The van der Waals surface area contributed by atoms with Gasteiger partial charge in [-0.2, -0.15) is 0 Å². The minimum Gasteiger partial charge on any atom is -0.496 e. The van der Waals surface area contributed by atoms with E-state index in [2.05, 4.69) is 20.9 Å². The summed E-state index contributed by atoms with van der Waals surface area (Å²) < 4.78 is 21.1. The van der Waals surface area contributed by atoms with E-state index in [1.54, 1.807) is 13.2 Å². The van der Waals surface area contributed by atoms with Crippen molar-refractivity contribution in [1.29, 1.82) is 0 Å². The Morgan fingerprint density at radius 3 is 2.78 bits per heavy atom. The molecule has 2 rings (SSSR count). The first-order valence-corrected chi connectivity index (χ1v) is 6.12. The van der Waals surface area contributed by atoms with E-state index >= 15 is 0 Å². The van der Waals surface area contributed by atoms with Crippen molar-refractivity contribution in [2.45, 2.75) is 6.54 Å². The third-order valence-electron chi connectivity index (χ3n) is 2.74. The number of aromatic nitrogens is 2. The van der Waals surface area contributed by atoms with E-state index in [-0.39, 0.29) is 5.82 Å². The highest BCUT2D eigenvalue weighted by Gasteiger charge is 2.17. The lowest BCUT2D eigenvalue weighted by Gasteiger charge is -2.10. The Morgan fingerprint density at radius 2 is 2.22 bits per heavy atom. The highest BCUT2D eigenvalue weighted by Crippen LogP contribution is 2.35. The Balaban J connectivity index is 2.68. The van der Waals surface area contributed by atoms with Gasteiger partial charge in [-0.3, -0.25) is 0 Å². The van der Waals surface area contributed by atoms with E-state index < -0.39 is 0 Å². The molecule has 1 aromatic carbocycles. The van der Waals surface area contributed by atoms with E-state index in [9.17, 15) is 4.39 Å². The van der Waals surface area contributed by atoms with Crippen LogP contribution in [0.3, 0.4) is 0 Å². The third kappa shape index (κ3) is 2.13. The quantitative estimate of drug-likeness (QED) is 0.947. The minimum absolute atomic E-state index is 0.312. The topological polar surface area (TPSA) is 53.1 Å².